The van der Waals surface area contributed by atoms with E-state index in [1.54, 1.807) is 7.05 Å². The fourth-order valence-corrected chi connectivity index (χ4v) is 1.70. The highest BCUT2D eigenvalue weighted by Gasteiger charge is 2.12. The number of nitrogens with zero attached hydrogens (tertiary/aromatic N) is 2. The van der Waals surface area contributed by atoms with Crippen molar-refractivity contribution in [2.24, 2.45) is 16.5 Å². The fourth-order valence-electron chi connectivity index (χ4n) is 1.70. The Morgan fingerprint density at radius 1 is 1.22 bits per heavy atom. The molecule has 0 aliphatic rings. The predicted molar refractivity (Wildman–Crippen MR) is 76.8 cm³/mol. The van der Waals surface area contributed by atoms with Gasteiger partial charge < -0.3 is 16.4 Å². The summed E-state index contributed by atoms with van der Waals surface area (Å²) in [6.45, 7) is 0.932. The lowest BCUT2D eigenvalue weighted by atomic mass is 10.0. The first-order valence-electron chi connectivity index (χ1n) is 6.61. The number of hydrogen-bond donors (Lipinski definition) is 2. The molecule has 0 aliphatic heterocycles. The van der Waals surface area contributed by atoms with Crippen LogP contribution in [0.15, 0.2) is 4.99 Å². The van der Waals surface area contributed by atoms with Gasteiger partial charge in [0.1, 0.15) is 5.78 Å². The molecular formula is C13H28N4O. The van der Waals surface area contributed by atoms with Gasteiger partial charge in [-0.1, -0.05) is 6.42 Å². The number of carbonyl (C=O) groups excluding carboxylic acids is 1. The molecular weight excluding hydrogens is 228 g/mol. The molecule has 5 heteroatoms. The summed E-state index contributed by atoms with van der Waals surface area (Å²) >= 11 is 0. The molecule has 0 heterocycles. The maximum Gasteiger partial charge on any atom is 0.149 e. The Labute approximate surface area is 111 Å². The molecule has 0 unspecified atom stereocenters. The van der Waals surface area contributed by atoms with Crippen LogP contribution in [0.5, 0.6) is 0 Å². The standard InChI is InChI=1S/C13H28N4O/c1-16-13(15)9-5-4-7-11(14)12(18)8-6-10-17(2)3/h11H,4-10,14H2,1-3H3,(H2,15,16)/t11-/m0/s1. The molecule has 0 bridgehead atoms. The molecule has 106 valence electrons. The Morgan fingerprint density at radius 3 is 2.44 bits per heavy atom. The molecule has 1 atom stereocenters. The summed E-state index contributed by atoms with van der Waals surface area (Å²) in [6.07, 6.45) is 4.88. The van der Waals surface area contributed by atoms with Gasteiger partial charge in [-0.3, -0.25) is 9.79 Å². The SMILES string of the molecule is CN=C(N)CCCC[C@H](N)C(=O)CCCN(C)C. The minimum Gasteiger partial charge on any atom is -0.387 e. The van der Waals surface area contributed by atoms with Crippen LogP contribution < -0.4 is 11.5 Å². The van der Waals surface area contributed by atoms with Gasteiger partial charge in [-0.15, -0.1) is 0 Å². The monoisotopic (exact) mass is 256 g/mol. The Kier molecular flexibility index (Phi) is 9.50. The molecule has 0 spiro atoms. The van der Waals surface area contributed by atoms with E-state index in [-0.39, 0.29) is 11.8 Å². The maximum absolute atomic E-state index is 11.7. The van der Waals surface area contributed by atoms with Crippen LogP contribution in [0.25, 0.3) is 0 Å². The second-order valence-corrected chi connectivity index (χ2v) is 4.94. The van der Waals surface area contributed by atoms with E-state index in [9.17, 15) is 4.79 Å². The van der Waals surface area contributed by atoms with E-state index in [0.29, 0.717) is 12.3 Å². The summed E-state index contributed by atoms with van der Waals surface area (Å²) in [4.78, 5) is 17.7. The van der Waals surface area contributed by atoms with Crippen LogP contribution in [0.3, 0.4) is 0 Å². The van der Waals surface area contributed by atoms with Crippen molar-refractivity contribution in [1.82, 2.24) is 4.90 Å². The first-order valence-corrected chi connectivity index (χ1v) is 6.61. The van der Waals surface area contributed by atoms with E-state index in [2.05, 4.69) is 9.89 Å². The van der Waals surface area contributed by atoms with Crippen molar-refractivity contribution in [2.45, 2.75) is 44.6 Å². The number of unbranched alkanes of at least 4 members (excludes halogenated alkanes) is 1. The molecule has 0 rings (SSSR count). The summed E-state index contributed by atoms with van der Waals surface area (Å²) in [7, 11) is 5.70. The number of hydrogen-bond acceptors (Lipinski definition) is 4. The molecule has 0 amide bonds. The number of ketones is 1. The molecule has 0 saturated carbocycles. The van der Waals surface area contributed by atoms with Crippen molar-refractivity contribution in [3.63, 3.8) is 0 Å². The molecule has 0 saturated heterocycles. The summed E-state index contributed by atoms with van der Waals surface area (Å²) < 4.78 is 0. The van der Waals surface area contributed by atoms with E-state index >= 15 is 0 Å². The zero-order valence-corrected chi connectivity index (χ0v) is 12.0. The van der Waals surface area contributed by atoms with Crippen molar-refractivity contribution in [2.75, 3.05) is 27.7 Å². The Balaban J connectivity index is 3.62. The predicted octanol–water partition coefficient (Wildman–Crippen LogP) is 0.772. The van der Waals surface area contributed by atoms with Gasteiger partial charge in [0.25, 0.3) is 0 Å². The van der Waals surface area contributed by atoms with Crippen LogP contribution in [0.4, 0.5) is 0 Å². The molecule has 0 aromatic carbocycles. The highest BCUT2D eigenvalue weighted by molar-refractivity contribution is 5.83. The van der Waals surface area contributed by atoms with Crippen molar-refractivity contribution < 1.29 is 4.79 Å². The van der Waals surface area contributed by atoms with E-state index in [4.69, 9.17) is 11.5 Å². The highest BCUT2D eigenvalue weighted by Crippen LogP contribution is 2.06. The molecule has 0 aliphatic carbocycles. The summed E-state index contributed by atoms with van der Waals surface area (Å²) in [5.41, 5.74) is 11.4. The largest absolute Gasteiger partial charge is 0.387 e. The fraction of sp³-hybridized carbons (Fsp3) is 0.846. The van der Waals surface area contributed by atoms with E-state index < -0.39 is 0 Å². The van der Waals surface area contributed by atoms with Crippen molar-refractivity contribution in [1.29, 1.82) is 0 Å². The van der Waals surface area contributed by atoms with E-state index in [1.165, 1.54) is 0 Å². The van der Waals surface area contributed by atoms with Crippen molar-refractivity contribution in [3.8, 4) is 0 Å². The zero-order valence-electron chi connectivity index (χ0n) is 12.0. The number of Topliss-reactive ketones (excluding diaryl/α,β-unsaturated/α-hetero) is 1. The third kappa shape index (κ3) is 9.13. The van der Waals surface area contributed by atoms with Gasteiger partial charge in [-0.2, -0.15) is 0 Å². The number of amidine groups is 1. The normalized spacial score (nSPS) is 13.9. The summed E-state index contributed by atoms with van der Waals surface area (Å²) in [6, 6.07) is -0.313. The lowest BCUT2D eigenvalue weighted by Gasteiger charge is -2.12. The Bertz CT molecular complexity index is 264. The van der Waals surface area contributed by atoms with Crippen LogP contribution >= 0.6 is 0 Å². The lowest BCUT2D eigenvalue weighted by Crippen LogP contribution is -2.31. The third-order valence-electron chi connectivity index (χ3n) is 2.93. The molecule has 4 N–H and O–H groups in total. The molecule has 0 fully saturated rings. The Hall–Kier alpha value is -0.940. The topological polar surface area (TPSA) is 84.7 Å². The van der Waals surface area contributed by atoms with Crippen LogP contribution in [0, 0.1) is 0 Å². The number of rotatable bonds is 10. The first kappa shape index (κ1) is 17.1. The average Bonchev–Trinajstić information content (AvgIpc) is 2.33. The van der Waals surface area contributed by atoms with Gasteiger partial charge in [0.2, 0.25) is 0 Å². The minimum absolute atomic E-state index is 0.175. The molecule has 5 nitrogen and oxygen atoms in total. The van der Waals surface area contributed by atoms with Crippen LogP contribution in [0.2, 0.25) is 0 Å². The summed E-state index contributed by atoms with van der Waals surface area (Å²) in [5, 5.41) is 0. The van der Waals surface area contributed by atoms with Gasteiger partial charge in [0.05, 0.1) is 11.9 Å². The van der Waals surface area contributed by atoms with Crippen LogP contribution in [-0.2, 0) is 4.79 Å². The molecule has 0 radical (unpaired) electrons. The van der Waals surface area contributed by atoms with Gasteiger partial charge in [0.15, 0.2) is 0 Å². The third-order valence-corrected chi connectivity index (χ3v) is 2.93. The lowest BCUT2D eigenvalue weighted by molar-refractivity contribution is -0.120. The van der Waals surface area contributed by atoms with Crippen LogP contribution in [0.1, 0.15) is 38.5 Å². The summed E-state index contributed by atoms with van der Waals surface area (Å²) in [5.74, 6) is 0.842. The quantitative estimate of drug-likeness (QED) is 0.343. The second kappa shape index (κ2) is 10.0. The van der Waals surface area contributed by atoms with Crippen molar-refractivity contribution in [3.05, 3.63) is 0 Å². The Morgan fingerprint density at radius 2 is 1.89 bits per heavy atom. The van der Waals surface area contributed by atoms with Crippen molar-refractivity contribution >= 4 is 11.6 Å². The first-order chi connectivity index (χ1) is 8.47. The van der Waals surface area contributed by atoms with Gasteiger partial charge in [0, 0.05) is 19.9 Å². The van der Waals surface area contributed by atoms with E-state index in [1.807, 2.05) is 14.1 Å². The van der Waals surface area contributed by atoms with Gasteiger partial charge >= 0.3 is 0 Å². The molecule has 0 aromatic heterocycles. The highest BCUT2D eigenvalue weighted by atomic mass is 16.1. The average molecular weight is 256 g/mol. The number of nitrogens with two attached hydrogens (primary N) is 2. The van der Waals surface area contributed by atoms with E-state index in [0.717, 1.165) is 38.6 Å². The second-order valence-electron chi connectivity index (χ2n) is 4.94. The number of carbonyl (C=O) groups is 1. The molecule has 0 aromatic rings. The zero-order chi connectivity index (χ0) is 14.0. The maximum atomic E-state index is 11.7. The minimum atomic E-state index is -0.313. The van der Waals surface area contributed by atoms with Gasteiger partial charge in [-0.25, -0.2) is 0 Å². The number of aliphatic imine (C=N–C) groups is 1. The van der Waals surface area contributed by atoms with Gasteiger partial charge in [-0.05, 0) is 39.9 Å². The van der Waals surface area contributed by atoms with Crippen LogP contribution in [-0.4, -0.2) is 50.2 Å². The molecule has 18 heavy (non-hydrogen) atoms. The smallest absolute Gasteiger partial charge is 0.149 e.